The van der Waals surface area contributed by atoms with Crippen LogP contribution < -0.4 is 9.64 Å². The second-order valence-corrected chi connectivity index (χ2v) is 36.5. The van der Waals surface area contributed by atoms with E-state index in [2.05, 4.69) is 159 Å². The van der Waals surface area contributed by atoms with E-state index in [1.807, 2.05) is 100 Å². The number of carbonyl (C=O) groups excluding carboxylic acids is 4. The summed E-state index contributed by atoms with van der Waals surface area (Å²) in [5.41, 5.74) is 16.9. The van der Waals surface area contributed by atoms with Crippen LogP contribution >= 0.6 is 0 Å². The van der Waals surface area contributed by atoms with Crippen molar-refractivity contribution >= 4 is 51.5 Å². The number of β-amino-alcohol motifs (C(OH)–C–C–N with tert-alkyl or cyclic N) is 1. The maximum atomic E-state index is 13.8. The van der Waals surface area contributed by atoms with Gasteiger partial charge in [-0.1, -0.05) is 84.3 Å². The molecule has 0 bridgehead atoms. The Kier molecular flexibility index (Phi) is 30.9. The van der Waals surface area contributed by atoms with Crippen LogP contribution in [0.25, 0.3) is 34.0 Å². The number of methoxy groups -OCH3 is 1. The fourth-order valence-corrected chi connectivity index (χ4v) is 17.1. The molecule has 13 heterocycles. The number of alkyl halides is 6. The number of halogens is 6. The van der Waals surface area contributed by atoms with Gasteiger partial charge in [-0.05, 0) is 238 Å². The van der Waals surface area contributed by atoms with Gasteiger partial charge in [0.2, 0.25) is 0 Å². The lowest BCUT2D eigenvalue weighted by Gasteiger charge is -2.35. The van der Waals surface area contributed by atoms with Crippen LogP contribution in [-0.4, -0.2) is 210 Å². The van der Waals surface area contributed by atoms with Gasteiger partial charge in [0.15, 0.2) is 45.7 Å². The second-order valence-electron chi connectivity index (χ2n) is 36.5. The Morgan fingerprint density at radius 3 is 1.23 bits per heavy atom. The van der Waals surface area contributed by atoms with Crippen LogP contribution in [0.5, 0.6) is 5.75 Å². The molecule has 2 aliphatic heterocycles. The number of aliphatic hydroxyl groups is 1. The number of likely N-dealkylation sites (N-methyl/N-ethyl adjacent to an activating group) is 1. The summed E-state index contributed by atoms with van der Waals surface area (Å²) in [7, 11) is 3.67. The van der Waals surface area contributed by atoms with E-state index in [-0.39, 0.29) is 65.8 Å². The molecule has 11 aromatic heterocycles. The Hall–Kier alpha value is -17.5. The molecule has 748 valence electrons. The topological polar surface area (TPSA) is 293 Å². The van der Waals surface area contributed by atoms with Gasteiger partial charge in [0.05, 0.1) is 91.4 Å². The van der Waals surface area contributed by atoms with Crippen molar-refractivity contribution < 1.29 is 55.4 Å². The van der Waals surface area contributed by atoms with Crippen molar-refractivity contribution in [1.29, 1.82) is 0 Å². The third-order valence-corrected chi connectivity index (χ3v) is 25.6. The molecule has 7 aromatic carbocycles. The standard InChI is InChI=1S/C30H22F3N5O2.C29H29N5O.C28H20F3N5O.C28H29N7O2/c1-40-28-9-7-21(14-22(28)6-8-24-16-34-29-3-2-10-36-38(24)29)27(39)13-19-11-23(30(31,32)33)15-25(12-19)37-17-26(35-18-37)20-4-5-20;1-22-5-10-26(19-25(22)11-12-27-20-30-29-4-3-13-31-34(27)29)28(35)18-23-6-8-24(9-7-23)21-33-16-14-32(2)15-17-33;1-18-5-6-22(13-21(18)7-8-24-15-32-27-4-3-9-34-36(24)27)26(37)12-20-10-23(28(29,30)31)14-25(11-20)35-16-19(2)33-17-35;1-20-5-6-23(16-22(20)7-8-25-19-29-27-4-3-9-30-35(25)27)26(37)17-24-18-28(32-21(2)31-24)34-12-10-33(11-13-34)14-15-36/h2-3,7,9-12,14-18,20H,4-5,13H2,1H3;3-10,13,19-20H,14-18,21H2,1-2H3;3-6,9-11,13-17H,12H2,1-2H3;3-6,9,16,18-19,36H,10-15,17H2,1-2H3. The van der Waals surface area contributed by atoms with Crippen LogP contribution in [0, 0.1) is 82.0 Å². The summed E-state index contributed by atoms with van der Waals surface area (Å²) >= 11 is 0. The van der Waals surface area contributed by atoms with E-state index in [4.69, 9.17) is 4.74 Å². The minimum Gasteiger partial charge on any atom is -0.495 e. The third-order valence-electron chi connectivity index (χ3n) is 25.6. The number of benzene rings is 7. The Morgan fingerprint density at radius 2 is 0.812 bits per heavy atom. The zero-order chi connectivity index (χ0) is 104. The number of ether oxygens (including phenoxy) is 1. The Labute approximate surface area is 854 Å². The summed E-state index contributed by atoms with van der Waals surface area (Å²) < 4.78 is 97.1. The molecule has 1 saturated carbocycles. The highest BCUT2D eigenvalue weighted by molar-refractivity contribution is 6.00. The van der Waals surface area contributed by atoms with Gasteiger partial charge in [0, 0.05) is 184 Å². The molecule has 3 aliphatic rings. The number of rotatable bonds is 21. The van der Waals surface area contributed by atoms with Crippen molar-refractivity contribution in [2.24, 2.45) is 0 Å². The highest BCUT2D eigenvalue weighted by Gasteiger charge is 2.35. The molecule has 0 unspecified atom stereocenters. The average Bonchev–Trinajstić information content (AvgIpc) is 1.73. The number of aromatic nitrogens is 18. The molecular weight excluding hydrogens is 1900 g/mol. The number of aliphatic hydroxyl groups excluding tert-OH is 1. The quantitative estimate of drug-likeness (QED) is 0.0397. The summed E-state index contributed by atoms with van der Waals surface area (Å²) in [6, 6.07) is 53.5. The van der Waals surface area contributed by atoms with Gasteiger partial charge in [-0.25, -0.2) is 57.9 Å². The fourth-order valence-electron chi connectivity index (χ4n) is 17.1. The molecule has 3 fully saturated rings. The van der Waals surface area contributed by atoms with Crippen LogP contribution in [0.4, 0.5) is 32.2 Å². The molecular formula is C115H100F6N22O6. The monoisotopic (exact) mass is 2000 g/mol. The number of fused-ring (bicyclic) bond motifs is 4. The lowest BCUT2D eigenvalue weighted by Crippen LogP contribution is -2.47. The number of piperazine rings is 2. The van der Waals surface area contributed by atoms with Crippen molar-refractivity contribution in [3.8, 4) is 64.5 Å². The van der Waals surface area contributed by atoms with E-state index >= 15 is 0 Å². The van der Waals surface area contributed by atoms with E-state index in [0.29, 0.717) is 115 Å². The molecule has 34 heteroatoms. The molecule has 18 aromatic rings. The number of aryl methyl sites for hydroxylation is 5. The summed E-state index contributed by atoms with van der Waals surface area (Å²) in [5.74, 6) is 26.5. The predicted octanol–water partition coefficient (Wildman–Crippen LogP) is 16.7. The van der Waals surface area contributed by atoms with E-state index < -0.39 is 23.5 Å². The maximum absolute atomic E-state index is 13.8. The first kappa shape index (κ1) is 102. The maximum Gasteiger partial charge on any atom is 0.416 e. The molecule has 1 N–H and O–H groups in total. The van der Waals surface area contributed by atoms with Gasteiger partial charge in [0.25, 0.3) is 0 Å². The highest BCUT2D eigenvalue weighted by Crippen LogP contribution is 2.40. The van der Waals surface area contributed by atoms with Gasteiger partial charge >= 0.3 is 12.4 Å². The first-order valence-corrected chi connectivity index (χ1v) is 48.3. The van der Waals surface area contributed by atoms with Crippen molar-refractivity contribution in [3.63, 3.8) is 0 Å². The first-order valence-electron chi connectivity index (χ1n) is 48.3. The SMILES string of the molecule is COc1ccc(C(=O)Cc2cc(-n3cnc(C4CC4)c3)cc(C(F)(F)F)c2)cc1C#Cc1cnc2cccnn12.Cc1ccc(C(=O)Cc2ccc(CN3CCN(C)CC3)cc2)cc1C#Cc1cnc2cccnn12.Cc1cn(-c2cc(CC(=O)c3ccc(C)c(C#Cc4cnc5cccnn45)c3)cc(C(F)(F)F)c2)cn1.Cc1nc(CC(=O)c2ccc(C)c(C#Cc3cnc4cccnn34)c2)cc(N2CCN(CCO)CC2)n1. The second kappa shape index (κ2) is 45.4. The third kappa shape index (κ3) is 25.5. The predicted molar refractivity (Wildman–Crippen MR) is 550 cm³/mol. The fraction of sp³-hybridized carbons (Fsp3) is 0.235. The molecule has 0 amide bonds. The zero-order valence-electron chi connectivity index (χ0n) is 82.5. The number of Topliss-reactive ketones (excluding diaryl/α,β-unsaturated/α-hetero) is 4. The summed E-state index contributed by atoms with van der Waals surface area (Å²) in [6.45, 7) is 19.1. The van der Waals surface area contributed by atoms with E-state index in [9.17, 15) is 50.6 Å². The molecule has 0 spiro atoms. The number of nitrogens with zero attached hydrogens (tertiary/aromatic N) is 22. The summed E-state index contributed by atoms with van der Waals surface area (Å²) in [6.07, 6.45) is 12.7. The van der Waals surface area contributed by atoms with Crippen molar-refractivity contribution in [3.05, 3.63) is 403 Å². The van der Waals surface area contributed by atoms with Gasteiger partial charge in [-0.15, -0.1) is 0 Å². The molecule has 28 nitrogen and oxygen atoms in total. The van der Waals surface area contributed by atoms with Crippen LogP contribution in [0.3, 0.4) is 0 Å². The van der Waals surface area contributed by atoms with Gasteiger partial charge < -0.3 is 28.8 Å². The summed E-state index contributed by atoms with van der Waals surface area (Å²) in [4.78, 5) is 96.7. The minimum absolute atomic E-state index is 0.0173. The number of hydrogen-bond donors (Lipinski definition) is 1. The normalized spacial score (nSPS) is 13.3. The Morgan fingerprint density at radius 1 is 0.409 bits per heavy atom. The van der Waals surface area contributed by atoms with Gasteiger partial charge in [0.1, 0.15) is 40.2 Å². The number of carbonyl (C=O) groups is 4. The molecule has 2 saturated heterocycles. The number of anilines is 1. The Bertz CT molecular complexity index is 8340. The largest absolute Gasteiger partial charge is 0.495 e. The summed E-state index contributed by atoms with van der Waals surface area (Å²) in [5, 5.41) is 26.2. The van der Waals surface area contributed by atoms with E-state index in [1.165, 1.54) is 29.9 Å². The van der Waals surface area contributed by atoms with Crippen LogP contribution in [0.1, 0.15) is 178 Å². The van der Waals surface area contributed by atoms with Crippen LogP contribution in [0.2, 0.25) is 0 Å². The highest BCUT2D eigenvalue weighted by atomic mass is 19.4. The smallest absolute Gasteiger partial charge is 0.416 e. The van der Waals surface area contributed by atoms with Crippen LogP contribution in [-0.2, 0) is 44.6 Å². The number of imidazole rings is 6. The van der Waals surface area contributed by atoms with Gasteiger partial charge in [-0.2, -0.15) is 46.7 Å². The lowest BCUT2D eigenvalue weighted by atomic mass is 9.97. The van der Waals surface area contributed by atoms with E-state index in [0.717, 1.165) is 152 Å². The molecule has 0 radical (unpaired) electrons. The van der Waals surface area contributed by atoms with Crippen molar-refractivity contribution in [1.82, 2.24) is 102 Å². The molecule has 0 atom stereocenters. The molecule has 149 heavy (non-hydrogen) atoms. The minimum atomic E-state index is -4.57. The molecule has 21 rings (SSSR count). The first-order chi connectivity index (χ1) is 72.0. The lowest BCUT2D eigenvalue weighted by molar-refractivity contribution is -0.138. The number of ketones is 4. The zero-order valence-corrected chi connectivity index (χ0v) is 82.5. The van der Waals surface area contributed by atoms with Crippen molar-refractivity contribution in [2.75, 3.05) is 84.6 Å². The molecule has 1 aliphatic carbocycles. The number of hydrogen-bond acceptors (Lipinski definition) is 22. The van der Waals surface area contributed by atoms with E-state index in [1.54, 1.807) is 158 Å². The average molecular weight is 2000 g/mol. The van der Waals surface area contributed by atoms with Crippen LogP contribution in [0.15, 0.2) is 263 Å². The van der Waals surface area contributed by atoms with Crippen molar-refractivity contribution in [2.45, 2.75) is 98.0 Å². The Balaban J connectivity index is 0.000000130. The van der Waals surface area contributed by atoms with Gasteiger partial charge in [-0.3, -0.25) is 29.0 Å².